The van der Waals surface area contributed by atoms with Crippen LogP contribution in [0.5, 0.6) is 5.75 Å². The maximum atomic E-state index is 8.70. The van der Waals surface area contributed by atoms with Crippen LogP contribution in [0.4, 0.5) is 0 Å². The average Bonchev–Trinajstić information content (AvgIpc) is 3.19. The van der Waals surface area contributed by atoms with Gasteiger partial charge < -0.3 is 19.3 Å². The van der Waals surface area contributed by atoms with Gasteiger partial charge in [0, 0.05) is 5.39 Å². The first-order chi connectivity index (χ1) is 14.4. The molecule has 0 aliphatic heterocycles. The number of hydrogen-bond donors (Lipinski definition) is 1. The third-order valence-electron chi connectivity index (χ3n) is 4.49. The normalized spacial score (nSPS) is 11.3. The molecule has 0 aliphatic rings. The minimum absolute atomic E-state index is 0.0265. The summed E-state index contributed by atoms with van der Waals surface area (Å²) >= 11 is 1.67. The molecule has 5 nitrogen and oxygen atoms in total. The lowest BCUT2D eigenvalue weighted by Gasteiger charge is -2.13. The lowest BCUT2D eigenvalue weighted by Crippen LogP contribution is -2.12. The van der Waals surface area contributed by atoms with Crippen LogP contribution in [-0.2, 0) is 9.47 Å². The van der Waals surface area contributed by atoms with Gasteiger partial charge in [0.25, 0.3) is 0 Å². The smallest absolute Gasteiger partial charge is 0.137 e. The maximum Gasteiger partial charge on any atom is 0.137 e. The highest BCUT2D eigenvalue weighted by atomic mass is 32.1. The lowest BCUT2D eigenvalue weighted by atomic mass is 10.1. The summed E-state index contributed by atoms with van der Waals surface area (Å²) in [6.07, 6.45) is 0. The summed E-state index contributed by atoms with van der Waals surface area (Å²) in [5.41, 5.74) is 1.99. The highest BCUT2D eigenvalue weighted by molar-refractivity contribution is 7.21. The molecule has 6 heteroatoms. The van der Waals surface area contributed by atoms with Gasteiger partial charge in [-0.2, -0.15) is 0 Å². The van der Waals surface area contributed by atoms with E-state index in [1.807, 2.05) is 30.3 Å². The van der Waals surface area contributed by atoms with Crippen LogP contribution in [0.3, 0.4) is 0 Å². The summed E-state index contributed by atoms with van der Waals surface area (Å²) in [6.45, 7) is 2.20. The summed E-state index contributed by atoms with van der Waals surface area (Å²) in [6, 6.07) is 20.6. The third-order valence-corrected chi connectivity index (χ3v) is 5.56. The van der Waals surface area contributed by atoms with Crippen molar-refractivity contribution < 1.29 is 19.3 Å². The second kappa shape index (κ2) is 9.80. The summed E-state index contributed by atoms with van der Waals surface area (Å²) < 4.78 is 18.1. The molecular weight excluding hydrogens is 386 g/mol. The van der Waals surface area contributed by atoms with Crippen LogP contribution in [-0.4, -0.2) is 49.7 Å². The first kappa shape index (κ1) is 19.8. The Balaban J connectivity index is 1.53. The molecule has 0 atom stereocenters. The van der Waals surface area contributed by atoms with Crippen LogP contribution in [0, 0.1) is 0 Å². The zero-order valence-corrected chi connectivity index (χ0v) is 16.9. The fourth-order valence-corrected chi connectivity index (χ4v) is 4.13. The molecule has 4 aromatic rings. The van der Waals surface area contributed by atoms with Crippen molar-refractivity contribution >= 4 is 32.3 Å². The second-order valence-electron chi connectivity index (χ2n) is 6.45. The zero-order valence-electron chi connectivity index (χ0n) is 16.0. The summed E-state index contributed by atoms with van der Waals surface area (Å²) in [4.78, 5) is 4.81. The van der Waals surface area contributed by atoms with E-state index in [0.29, 0.717) is 33.0 Å². The Labute approximate surface area is 173 Å². The molecule has 1 N–H and O–H groups in total. The van der Waals surface area contributed by atoms with Gasteiger partial charge in [-0.15, -0.1) is 11.3 Å². The first-order valence-corrected chi connectivity index (χ1v) is 10.5. The number of hydrogen-bond acceptors (Lipinski definition) is 6. The molecule has 0 saturated heterocycles. The van der Waals surface area contributed by atoms with Crippen molar-refractivity contribution in [1.82, 2.24) is 4.98 Å². The van der Waals surface area contributed by atoms with Gasteiger partial charge >= 0.3 is 0 Å². The van der Waals surface area contributed by atoms with Gasteiger partial charge in [0.05, 0.1) is 48.8 Å². The monoisotopic (exact) mass is 409 g/mol. The number of thiazole rings is 1. The van der Waals surface area contributed by atoms with Crippen LogP contribution in [0.2, 0.25) is 0 Å². The van der Waals surface area contributed by atoms with Crippen molar-refractivity contribution in [3.8, 4) is 16.3 Å². The molecule has 1 aromatic heterocycles. The predicted molar refractivity (Wildman–Crippen MR) is 117 cm³/mol. The molecule has 0 spiro atoms. The Morgan fingerprint density at radius 3 is 2.41 bits per heavy atom. The van der Waals surface area contributed by atoms with Crippen LogP contribution in [0.15, 0.2) is 60.7 Å². The van der Waals surface area contributed by atoms with Gasteiger partial charge in [0.1, 0.15) is 17.4 Å². The van der Waals surface area contributed by atoms with Crippen molar-refractivity contribution in [3.05, 3.63) is 60.7 Å². The highest BCUT2D eigenvalue weighted by Gasteiger charge is 2.15. The molecule has 4 rings (SSSR count). The maximum absolute atomic E-state index is 8.70. The highest BCUT2D eigenvalue weighted by Crippen LogP contribution is 2.40. The number of benzene rings is 3. The quantitative estimate of drug-likeness (QED) is 0.390. The number of fused-ring (bicyclic) bond motifs is 2. The van der Waals surface area contributed by atoms with Gasteiger partial charge in [-0.1, -0.05) is 42.5 Å². The Hall–Kier alpha value is -2.51. The number of aliphatic hydroxyl groups excluding tert-OH is 1. The van der Waals surface area contributed by atoms with Gasteiger partial charge in [-0.25, -0.2) is 4.98 Å². The van der Waals surface area contributed by atoms with E-state index in [0.717, 1.165) is 37.3 Å². The van der Waals surface area contributed by atoms with E-state index in [9.17, 15) is 0 Å². The Morgan fingerprint density at radius 1 is 0.793 bits per heavy atom. The molecule has 0 radical (unpaired) electrons. The Bertz CT molecular complexity index is 1050. The van der Waals surface area contributed by atoms with Crippen LogP contribution in [0.1, 0.15) is 0 Å². The van der Waals surface area contributed by atoms with Gasteiger partial charge in [0.15, 0.2) is 0 Å². The lowest BCUT2D eigenvalue weighted by molar-refractivity contribution is 0.0249. The van der Waals surface area contributed by atoms with E-state index in [4.69, 9.17) is 24.3 Å². The van der Waals surface area contributed by atoms with E-state index in [-0.39, 0.29) is 6.61 Å². The molecule has 0 fully saturated rings. The molecule has 3 aromatic carbocycles. The standard InChI is InChI=1S/C23H23NO4S/c25-11-12-26-13-14-27-15-16-28-22-18-6-2-1-5-17(18)9-10-19(22)23-24-20-7-3-4-8-21(20)29-23/h1-10,25H,11-16H2. The third kappa shape index (κ3) is 4.74. The average molecular weight is 410 g/mol. The fraction of sp³-hybridized carbons (Fsp3) is 0.261. The molecule has 150 valence electrons. The summed E-state index contributed by atoms with van der Waals surface area (Å²) in [5.74, 6) is 0.835. The number of nitrogens with zero attached hydrogens (tertiary/aromatic N) is 1. The largest absolute Gasteiger partial charge is 0.490 e. The van der Waals surface area contributed by atoms with Gasteiger partial charge in [-0.05, 0) is 23.6 Å². The zero-order chi connectivity index (χ0) is 19.9. The molecule has 29 heavy (non-hydrogen) atoms. The number of para-hydroxylation sites is 1. The Kier molecular flexibility index (Phi) is 6.69. The summed E-state index contributed by atoms with van der Waals surface area (Å²) in [5, 5.41) is 11.8. The predicted octanol–water partition coefficient (Wildman–Crippen LogP) is 4.52. The van der Waals surface area contributed by atoms with E-state index in [1.165, 1.54) is 0 Å². The van der Waals surface area contributed by atoms with Crippen molar-refractivity contribution in [3.63, 3.8) is 0 Å². The summed E-state index contributed by atoms with van der Waals surface area (Å²) in [7, 11) is 0. The Morgan fingerprint density at radius 2 is 1.55 bits per heavy atom. The van der Waals surface area contributed by atoms with Crippen molar-refractivity contribution in [2.45, 2.75) is 0 Å². The van der Waals surface area contributed by atoms with Gasteiger partial charge in [0.2, 0.25) is 0 Å². The SMILES string of the molecule is OCCOCCOCCOc1c(-c2nc3ccccc3s2)ccc2ccccc12. The van der Waals surface area contributed by atoms with Gasteiger partial charge in [-0.3, -0.25) is 0 Å². The fourth-order valence-electron chi connectivity index (χ4n) is 3.14. The van der Waals surface area contributed by atoms with Crippen LogP contribution < -0.4 is 4.74 Å². The molecule has 0 bridgehead atoms. The second-order valence-corrected chi connectivity index (χ2v) is 7.48. The minimum atomic E-state index is 0.0265. The minimum Gasteiger partial charge on any atom is -0.490 e. The molecule has 0 unspecified atom stereocenters. The van der Waals surface area contributed by atoms with E-state index >= 15 is 0 Å². The van der Waals surface area contributed by atoms with Crippen LogP contribution >= 0.6 is 11.3 Å². The molecule has 1 heterocycles. The first-order valence-electron chi connectivity index (χ1n) is 9.63. The number of aliphatic hydroxyl groups is 1. The van der Waals surface area contributed by atoms with E-state index in [2.05, 4.69) is 30.3 Å². The number of rotatable bonds is 10. The number of aromatic nitrogens is 1. The topological polar surface area (TPSA) is 60.8 Å². The molecule has 0 aliphatic carbocycles. The number of ether oxygens (including phenoxy) is 3. The molecular formula is C23H23NO4S. The van der Waals surface area contributed by atoms with Crippen molar-refractivity contribution in [1.29, 1.82) is 0 Å². The van der Waals surface area contributed by atoms with E-state index < -0.39 is 0 Å². The van der Waals surface area contributed by atoms with E-state index in [1.54, 1.807) is 11.3 Å². The molecule has 0 amide bonds. The van der Waals surface area contributed by atoms with Crippen LogP contribution in [0.25, 0.3) is 31.6 Å². The van der Waals surface area contributed by atoms with Crippen molar-refractivity contribution in [2.24, 2.45) is 0 Å². The molecule has 0 saturated carbocycles. The van der Waals surface area contributed by atoms with Crippen molar-refractivity contribution in [2.75, 3.05) is 39.6 Å².